The zero-order chi connectivity index (χ0) is 11.6. The summed E-state index contributed by atoms with van der Waals surface area (Å²) < 4.78 is 0. The van der Waals surface area contributed by atoms with Crippen molar-refractivity contribution in [1.29, 1.82) is 0 Å². The van der Waals surface area contributed by atoms with Crippen LogP contribution in [0.2, 0.25) is 0 Å². The Kier molecular flexibility index (Phi) is 3.50. The summed E-state index contributed by atoms with van der Waals surface area (Å²) in [6.45, 7) is 4.43. The third-order valence-corrected chi connectivity index (χ3v) is 4.60. The van der Waals surface area contributed by atoms with Crippen molar-refractivity contribution in [3.63, 3.8) is 0 Å². The van der Waals surface area contributed by atoms with Crippen molar-refractivity contribution in [3.05, 3.63) is 11.1 Å². The number of rotatable bonds is 6. The predicted octanol–water partition coefficient (Wildman–Crippen LogP) is 2.49. The van der Waals surface area contributed by atoms with Gasteiger partial charge in [-0.2, -0.15) is 0 Å². The summed E-state index contributed by atoms with van der Waals surface area (Å²) in [6, 6.07) is 0. The Balaban J connectivity index is 1.77. The lowest BCUT2D eigenvalue weighted by molar-refractivity contribution is 0.444. The van der Waals surface area contributed by atoms with E-state index in [0.717, 1.165) is 11.7 Å². The molecule has 1 aliphatic carbocycles. The van der Waals surface area contributed by atoms with E-state index >= 15 is 0 Å². The molecule has 4 heteroatoms. The molecule has 1 N–H and O–H groups in total. The fourth-order valence-corrected chi connectivity index (χ4v) is 2.67. The maximum Gasteiger partial charge on any atom is 0.185 e. The number of anilines is 1. The van der Waals surface area contributed by atoms with E-state index in [1.165, 1.54) is 30.7 Å². The van der Waals surface area contributed by atoms with Crippen LogP contribution in [0.1, 0.15) is 31.1 Å². The van der Waals surface area contributed by atoms with Gasteiger partial charge in [-0.15, -0.1) is 11.3 Å². The van der Waals surface area contributed by atoms with Crippen LogP contribution in [0.25, 0.3) is 0 Å². The fraction of sp³-hybridized carbons (Fsp3) is 0.750. The van der Waals surface area contributed by atoms with Gasteiger partial charge < -0.3 is 10.2 Å². The van der Waals surface area contributed by atoms with Crippen LogP contribution in [0.15, 0.2) is 6.20 Å². The van der Waals surface area contributed by atoms with E-state index < -0.39 is 0 Å². The minimum Gasteiger partial charge on any atom is -0.354 e. The van der Waals surface area contributed by atoms with Crippen LogP contribution in [-0.2, 0) is 6.54 Å². The van der Waals surface area contributed by atoms with Gasteiger partial charge >= 0.3 is 0 Å². The van der Waals surface area contributed by atoms with Crippen LogP contribution in [-0.4, -0.2) is 25.6 Å². The molecule has 0 spiro atoms. The predicted molar refractivity (Wildman–Crippen MR) is 70.1 cm³/mol. The zero-order valence-electron chi connectivity index (χ0n) is 10.4. The van der Waals surface area contributed by atoms with Gasteiger partial charge in [-0.25, -0.2) is 4.98 Å². The standard InChI is InChI=1S/C12H21N3S/c1-4-12(5-6-12)9-13-7-10-8-14-11(16-10)15(2)3/h8,13H,4-7,9H2,1-3H3. The van der Waals surface area contributed by atoms with Crippen molar-refractivity contribution in [2.24, 2.45) is 5.41 Å². The van der Waals surface area contributed by atoms with E-state index in [2.05, 4.69) is 22.1 Å². The number of thiazole rings is 1. The summed E-state index contributed by atoms with van der Waals surface area (Å²) >= 11 is 1.77. The molecule has 0 aromatic carbocycles. The molecule has 1 fully saturated rings. The van der Waals surface area contributed by atoms with Gasteiger partial charge in [0, 0.05) is 38.3 Å². The Bertz CT molecular complexity index is 342. The Morgan fingerprint density at radius 3 is 2.75 bits per heavy atom. The molecule has 90 valence electrons. The summed E-state index contributed by atoms with van der Waals surface area (Å²) in [6.07, 6.45) is 6.11. The van der Waals surface area contributed by atoms with Gasteiger partial charge in [0.2, 0.25) is 0 Å². The molecule has 1 aliphatic rings. The third kappa shape index (κ3) is 2.74. The van der Waals surface area contributed by atoms with Gasteiger partial charge in [0.15, 0.2) is 5.13 Å². The molecule has 1 aromatic rings. The Morgan fingerprint density at radius 1 is 1.50 bits per heavy atom. The molecule has 0 atom stereocenters. The Labute approximate surface area is 102 Å². The monoisotopic (exact) mass is 239 g/mol. The largest absolute Gasteiger partial charge is 0.354 e. The lowest BCUT2D eigenvalue weighted by Crippen LogP contribution is -2.22. The summed E-state index contributed by atoms with van der Waals surface area (Å²) in [5.41, 5.74) is 0.634. The molecule has 1 aromatic heterocycles. The van der Waals surface area contributed by atoms with Crippen LogP contribution in [0, 0.1) is 5.41 Å². The van der Waals surface area contributed by atoms with Crippen LogP contribution < -0.4 is 10.2 Å². The van der Waals surface area contributed by atoms with Gasteiger partial charge in [0.25, 0.3) is 0 Å². The number of aromatic nitrogens is 1. The van der Waals surface area contributed by atoms with Gasteiger partial charge in [0.1, 0.15) is 0 Å². The minimum atomic E-state index is 0.634. The van der Waals surface area contributed by atoms with Crippen molar-refractivity contribution in [1.82, 2.24) is 10.3 Å². The second-order valence-corrected chi connectivity index (χ2v) is 6.05. The number of hydrogen-bond acceptors (Lipinski definition) is 4. The van der Waals surface area contributed by atoms with Crippen molar-refractivity contribution < 1.29 is 0 Å². The summed E-state index contributed by atoms with van der Waals surface area (Å²) in [4.78, 5) is 7.76. The molecule has 3 nitrogen and oxygen atoms in total. The maximum absolute atomic E-state index is 4.37. The summed E-state index contributed by atoms with van der Waals surface area (Å²) in [5.74, 6) is 0. The van der Waals surface area contributed by atoms with Gasteiger partial charge in [0.05, 0.1) is 0 Å². The molecule has 0 unspecified atom stereocenters. The Morgan fingerprint density at radius 2 is 2.25 bits per heavy atom. The second kappa shape index (κ2) is 4.72. The molecule has 1 saturated carbocycles. The second-order valence-electron chi connectivity index (χ2n) is 4.96. The highest BCUT2D eigenvalue weighted by atomic mass is 32.1. The van der Waals surface area contributed by atoms with Gasteiger partial charge in [-0.3, -0.25) is 0 Å². The first-order valence-corrected chi connectivity index (χ1v) is 6.80. The maximum atomic E-state index is 4.37. The number of hydrogen-bond donors (Lipinski definition) is 1. The van der Waals surface area contributed by atoms with Crippen molar-refractivity contribution >= 4 is 16.5 Å². The smallest absolute Gasteiger partial charge is 0.185 e. The summed E-state index contributed by atoms with van der Waals surface area (Å²) in [5, 5.41) is 4.65. The first-order valence-electron chi connectivity index (χ1n) is 5.98. The minimum absolute atomic E-state index is 0.634. The molecule has 0 bridgehead atoms. The highest BCUT2D eigenvalue weighted by Gasteiger charge is 2.39. The van der Waals surface area contributed by atoms with Crippen LogP contribution in [0.4, 0.5) is 5.13 Å². The molecule has 0 aliphatic heterocycles. The van der Waals surface area contributed by atoms with Gasteiger partial charge in [-0.1, -0.05) is 6.92 Å². The third-order valence-electron chi connectivity index (χ3n) is 3.43. The molecule has 2 rings (SSSR count). The topological polar surface area (TPSA) is 28.2 Å². The normalized spacial score (nSPS) is 17.4. The fourth-order valence-electron chi connectivity index (χ4n) is 1.87. The number of nitrogens with one attached hydrogen (secondary N) is 1. The lowest BCUT2D eigenvalue weighted by Gasteiger charge is -2.12. The first-order chi connectivity index (χ1) is 7.65. The van der Waals surface area contributed by atoms with Crippen molar-refractivity contribution in [2.75, 3.05) is 25.5 Å². The molecule has 16 heavy (non-hydrogen) atoms. The van der Waals surface area contributed by atoms with Crippen molar-refractivity contribution in [2.45, 2.75) is 32.7 Å². The molecule has 0 saturated heterocycles. The van der Waals surface area contributed by atoms with E-state index in [4.69, 9.17) is 0 Å². The average Bonchev–Trinajstić information content (AvgIpc) is 2.88. The van der Waals surface area contributed by atoms with Crippen molar-refractivity contribution in [3.8, 4) is 0 Å². The molecular formula is C12H21N3S. The molecule has 0 amide bonds. The highest BCUT2D eigenvalue weighted by Crippen LogP contribution is 2.47. The van der Waals surface area contributed by atoms with E-state index in [1.54, 1.807) is 11.3 Å². The molecule has 0 radical (unpaired) electrons. The SMILES string of the molecule is CCC1(CNCc2cnc(N(C)C)s2)CC1. The van der Waals surface area contributed by atoms with Crippen LogP contribution in [0.5, 0.6) is 0 Å². The molecular weight excluding hydrogens is 218 g/mol. The quantitative estimate of drug-likeness (QED) is 0.826. The van der Waals surface area contributed by atoms with Crippen LogP contribution in [0.3, 0.4) is 0 Å². The van der Waals surface area contributed by atoms with E-state index in [0.29, 0.717) is 5.41 Å². The Hall–Kier alpha value is -0.610. The lowest BCUT2D eigenvalue weighted by atomic mass is 10.0. The summed E-state index contributed by atoms with van der Waals surface area (Å²) in [7, 11) is 4.07. The molecule has 1 heterocycles. The first kappa shape index (κ1) is 11.9. The van der Waals surface area contributed by atoms with Crippen LogP contribution >= 0.6 is 11.3 Å². The average molecular weight is 239 g/mol. The van der Waals surface area contributed by atoms with E-state index in [9.17, 15) is 0 Å². The highest BCUT2D eigenvalue weighted by molar-refractivity contribution is 7.15. The van der Waals surface area contributed by atoms with E-state index in [-0.39, 0.29) is 0 Å². The zero-order valence-corrected chi connectivity index (χ0v) is 11.2. The van der Waals surface area contributed by atoms with Gasteiger partial charge in [-0.05, 0) is 24.7 Å². The number of nitrogens with zero attached hydrogens (tertiary/aromatic N) is 2. The van der Waals surface area contributed by atoms with E-state index in [1.807, 2.05) is 20.3 Å².